The zero-order valence-corrected chi connectivity index (χ0v) is 27.9. The Morgan fingerprint density at radius 1 is 0.957 bits per heavy atom. The number of methoxy groups -OCH3 is 1. The molecule has 2 saturated heterocycles. The van der Waals surface area contributed by atoms with Crippen molar-refractivity contribution in [2.24, 2.45) is 0 Å². The number of carbonyl (C=O) groups is 1. The summed E-state index contributed by atoms with van der Waals surface area (Å²) in [6.45, 7) is 11.5. The Labute approximate surface area is 278 Å². The average molecular weight is 637 g/mol. The van der Waals surface area contributed by atoms with E-state index in [4.69, 9.17) is 14.8 Å². The van der Waals surface area contributed by atoms with Crippen LogP contribution in [-0.2, 0) is 11.3 Å². The summed E-state index contributed by atoms with van der Waals surface area (Å²) in [5.74, 6) is 0.816. The minimum Gasteiger partial charge on any atom is -0.383 e. The lowest BCUT2D eigenvalue weighted by Gasteiger charge is -2.31. The van der Waals surface area contributed by atoms with Gasteiger partial charge in [-0.2, -0.15) is 5.10 Å². The van der Waals surface area contributed by atoms with Gasteiger partial charge in [0.25, 0.3) is 0 Å². The van der Waals surface area contributed by atoms with Crippen molar-refractivity contribution in [3.05, 3.63) is 95.8 Å². The number of rotatable bonds is 12. The first-order valence-corrected chi connectivity index (χ1v) is 16.9. The van der Waals surface area contributed by atoms with Crippen molar-refractivity contribution in [1.82, 2.24) is 35.2 Å². The molecule has 6 rings (SSSR count). The van der Waals surface area contributed by atoms with E-state index in [-0.39, 0.29) is 18.0 Å². The Kier molecular flexibility index (Phi) is 10.9. The molecule has 2 aromatic heterocycles. The summed E-state index contributed by atoms with van der Waals surface area (Å²) in [4.78, 5) is 23.3. The number of urea groups is 1. The van der Waals surface area contributed by atoms with Crippen molar-refractivity contribution in [2.45, 2.75) is 51.2 Å². The van der Waals surface area contributed by atoms with Crippen molar-refractivity contribution in [1.29, 1.82) is 0 Å². The van der Waals surface area contributed by atoms with Gasteiger partial charge in [-0.15, -0.1) is 0 Å². The fraction of sp³-hybridized carbons (Fsp3) is 0.432. The third-order valence-corrected chi connectivity index (χ3v) is 9.61. The largest absolute Gasteiger partial charge is 0.383 e. The number of hydrogen-bond donors (Lipinski definition) is 3. The quantitative estimate of drug-likeness (QED) is 0.200. The summed E-state index contributed by atoms with van der Waals surface area (Å²) in [6, 6.07) is 24.7. The molecule has 47 heavy (non-hydrogen) atoms. The highest BCUT2D eigenvalue weighted by molar-refractivity contribution is 5.91. The highest BCUT2D eigenvalue weighted by Gasteiger charge is 2.35. The van der Waals surface area contributed by atoms with Crippen LogP contribution in [0.15, 0.2) is 79.0 Å². The lowest BCUT2D eigenvalue weighted by atomic mass is 9.94. The highest BCUT2D eigenvalue weighted by Crippen LogP contribution is 2.31. The lowest BCUT2D eigenvalue weighted by molar-refractivity contribution is 0.159. The number of aromatic nitrogens is 3. The van der Waals surface area contributed by atoms with Crippen LogP contribution in [0.4, 0.5) is 10.6 Å². The predicted octanol–water partition coefficient (Wildman–Crippen LogP) is 5.05. The van der Waals surface area contributed by atoms with E-state index in [9.17, 15) is 4.79 Å². The van der Waals surface area contributed by atoms with Crippen LogP contribution in [0.1, 0.15) is 42.5 Å². The smallest absolute Gasteiger partial charge is 0.320 e. The second kappa shape index (κ2) is 15.7. The molecule has 0 bridgehead atoms. The van der Waals surface area contributed by atoms with Gasteiger partial charge in [0, 0.05) is 62.6 Å². The molecule has 0 unspecified atom stereocenters. The van der Waals surface area contributed by atoms with E-state index in [1.807, 2.05) is 54.2 Å². The molecule has 2 aliphatic rings. The standard InChI is InChI=1S/C37H48N8O2/c1-4-43-19-17-30(18-20-43)39-24-31-16-15-29(23-38-31)35-27(2)36(45(42-35)32-13-9-6-10-14-32)41-37(46)40-34-26-44(21-22-47-3)25-33(34)28-11-7-5-8-12-28/h5-16,23,30,33-34,39H,4,17-22,24-26H2,1-3H3,(H2,40,41,46)/t33-,34+/m0/s1. The zero-order valence-electron chi connectivity index (χ0n) is 27.9. The minimum absolute atomic E-state index is 0.0494. The van der Waals surface area contributed by atoms with Gasteiger partial charge < -0.3 is 20.3 Å². The maximum Gasteiger partial charge on any atom is 0.320 e. The highest BCUT2D eigenvalue weighted by atomic mass is 16.5. The van der Waals surface area contributed by atoms with Crippen molar-refractivity contribution in [3.8, 4) is 16.9 Å². The average Bonchev–Trinajstić information content (AvgIpc) is 3.67. The molecule has 10 heteroatoms. The van der Waals surface area contributed by atoms with Crippen LogP contribution in [0, 0.1) is 6.92 Å². The van der Waals surface area contributed by atoms with Crippen molar-refractivity contribution in [3.63, 3.8) is 0 Å². The topological polar surface area (TPSA) is 99.6 Å². The number of carbonyl (C=O) groups excluding carboxylic acids is 1. The fourth-order valence-corrected chi connectivity index (χ4v) is 6.83. The number of piperidine rings is 1. The molecule has 3 N–H and O–H groups in total. The number of nitrogens with zero attached hydrogens (tertiary/aromatic N) is 5. The summed E-state index contributed by atoms with van der Waals surface area (Å²) in [5, 5.41) is 15.2. The van der Waals surface area contributed by atoms with Crippen molar-refractivity contribution >= 4 is 11.8 Å². The molecule has 4 aromatic rings. The molecule has 10 nitrogen and oxygen atoms in total. The van der Waals surface area contributed by atoms with E-state index in [1.165, 1.54) is 18.4 Å². The Balaban J connectivity index is 1.18. The second-order valence-corrected chi connectivity index (χ2v) is 12.7. The number of likely N-dealkylation sites (tertiary alicyclic amines) is 2. The fourth-order valence-electron chi connectivity index (χ4n) is 6.83. The summed E-state index contributed by atoms with van der Waals surface area (Å²) in [6.07, 6.45) is 4.24. The summed E-state index contributed by atoms with van der Waals surface area (Å²) >= 11 is 0. The SMILES string of the molecule is CCN1CCC(NCc2ccc(-c3nn(-c4ccccc4)c(NC(=O)N[C@@H]4CN(CCOC)C[C@H]4c4ccccc4)c3C)cn2)CC1. The van der Waals surface area contributed by atoms with Gasteiger partial charge in [-0.25, -0.2) is 9.48 Å². The predicted molar refractivity (Wildman–Crippen MR) is 187 cm³/mol. The van der Waals surface area contributed by atoms with Gasteiger partial charge in [0.1, 0.15) is 5.82 Å². The molecule has 2 fully saturated rings. The van der Waals surface area contributed by atoms with Crippen molar-refractivity contribution < 1.29 is 9.53 Å². The molecule has 0 spiro atoms. The van der Waals surface area contributed by atoms with Crippen molar-refractivity contribution in [2.75, 3.05) is 58.3 Å². The number of amides is 2. The van der Waals surface area contributed by atoms with E-state index in [1.54, 1.807) is 7.11 Å². The van der Waals surface area contributed by atoms with Gasteiger partial charge in [-0.3, -0.25) is 15.2 Å². The number of ether oxygens (including phenoxy) is 1. The first-order chi connectivity index (χ1) is 23.0. The number of pyridine rings is 1. The summed E-state index contributed by atoms with van der Waals surface area (Å²) < 4.78 is 7.15. The van der Waals surface area contributed by atoms with Crippen LogP contribution >= 0.6 is 0 Å². The first-order valence-electron chi connectivity index (χ1n) is 16.9. The van der Waals surface area contributed by atoms with Crippen LogP contribution in [-0.4, -0.2) is 95.7 Å². The number of benzene rings is 2. The number of nitrogens with one attached hydrogen (secondary N) is 3. The van der Waals surface area contributed by atoms with Crippen LogP contribution < -0.4 is 16.0 Å². The molecule has 2 atom stereocenters. The monoisotopic (exact) mass is 636 g/mol. The van der Waals surface area contributed by atoms with E-state index >= 15 is 0 Å². The molecule has 2 aliphatic heterocycles. The normalized spacial score (nSPS) is 19.2. The van der Waals surface area contributed by atoms with Gasteiger partial charge in [-0.05, 0) is 69.2 Å². The van der Waals surface area contributed by atoms with Gasteiger partial charge in [0.2, 0.25) is 0 Å². The number of anilines is 1. The molecule has 0 saturated carbocycles. The van der Waals surface area contributed by atoms with Gasteiger partial charge >= 0.3 is 6.03 Å². The van der Waals surface area contributed by atoms with E-state index in [2.05, 4.69) is 69.1 Å². The van der Waals surface area contributed by atoms with E-state index in [0.29, 0.717) is 18.5 Å². The maximum atomic E-state index is 13.7. The molecule has 2 aromatic carbocycles. The Morgan fingerprint density at radius 2 is 1.70 bits per heavy atom. The Hall–Kier alpha value is -4.09. The zero-order chi connectivity index (χ0) is 32.6. The molecular formula is C37H48N8O2. The van der Waals surface area contributed by atoms with E-state index < -0.39 is 0 Å². The molecule has 248 valence electrons. The van der Waals surface area contributed by atoms with Crippen LogP contribution in [0.3, 0.4) is 0 Å². The molecule has 0 aliphatic carbocycles. The first kappa shape index (κ1) is 32.8. The minimum atomic E-state index is -0.249. The van der Waals surface area contributed by atoms with Gasteiger partial charge in [-0.1, -0.05) is 55.5 Å². The van der Waals surface area contributed by atoms with Crippen LogP contribution in [0.5, 0.6) is 0 Å². The second-order valence-electron chi connectivity index (χ2n) is 12.7. The van der Waals surface area contributed by atoms with Gasteiger partial charge in [0.05, 0.1) is 29.7 Å². The summed E-state index contributed by atoms with van der Waals surface area (Å²) in [5.41, 5.74) is 5.68. The summed E-state index contributed by atoms with van der Waals surface area (Å²) in [7, 11) is 1.72. The third-order valence-electron chi connectivity index (χ3n) is 9.61. The van der Waals surface area contributed by atoms with Crippen LogP contribution in [0.2, 0.25) is 0 Å². The molecule has 2 amide bonds. The number of para-hydroxylation sites is 1. The maximum absolute atomic E-state index is 13.7. The Bertz CT molecular complexity index is 1570. The van der Waals surface area contributed by atoms with Crippen LogP contribution in [0.25, 0.3) is 16.9 Å². The molecule has 0 radical (unpaired) electrons. The van der Waals surface area contributed by atoms with E-state index in [0.717, 1.165) is 74.0 Å². The molecule has 4 heterocycles. The third kappa shape index (κ3) is 8.08. The lowest BCUT2D eigenvalue weighted by Crippen LogP contribution is -2.42. The Morgan fingerprint density at radius 3 is 2.38 bits per heavy atom. The van der Waals surface area contributed by atoms with Gasteiger partial charge in [0.15, 0.2) is 0 Å². The number of hydrogen-bond acceptors (Lipinski definition) is 7. The molecular weight excluding hydrogens is 588 g/mol.